The third kappa shape index (κ3) is 2.80. The average Bonchev–Trinajstić information content (AvgIpc) is 3.48. The minimum Gasteiger partial charge on any atom is -0.465 e. The molecule has 2 aromatic carbocycles. The van der Waals surface area contributed by atoms with Gasteiger partial charge in [0, 0.05) is 41.1 Å². The average molecular weight is 371 g/mol. The molecule has 1 aliphatic rings. The fourth-order valence-corrected chi connectivity index (χ4v) is 3.75. The first-order valence-corrected chi connectivity index (χ1v) is 9.47. The molecule has 5 rings (SSSR count). The molecule has 1 fully saturated rings. The predicted octanol–water partition coefficient (Wildman–Crippen LogP) is 4.77. The molecule has 140 valence electrons. The number of carbonyl (C=O) groups is 1. The Hall–Kier alpha value is -3.34. The number of nitrogens with zero attached hydrogens (tertiary/aromatic N) is 2. The van der Waals surface area contributed by atoms with Gasteiger partial charge in [0.1, 0.15) is 0 Å². The van der Waals surface area contributed by atoms with E-state index in [1.807, 2.05) is 18.3 Å². The molecule has 1 aliphatic carbocycles. The second-order valence-corrected chi connectivity index (χ2v) is 7.38. The Bertz CT molecular complexity index is 1210. The third-order valence-electron chi connectivity index (χ3n) is 5.52. The molecule has 5 heteroatoms. The highest BCUT2D eigenvalue weighted by molar-refractivity contribution is 5.97. The largest absolute Gasteiger partial charge is 0.465 e. The van der Waals surface area contributed by atoms with Crippen LogP contribution in [0.15, 0.2) is 54.7 Å². The molecule has 2 heterocycles. The summed E-state index contributed by atoms with van der Waals surface area (Å²) >= 11 is 0. The number of rotatable bonds is 4. The summed E-state index contributed by atoms with van der Waals surface area (Å²) in [6, 6.07) is 16.7. The van der Waals surface area contributed by atoms with E-state index in [0.29, 0.717) is 11.6 Å². The molecule has 28 heavy (non-hydrogen) atoms. The van der Waals surface area contributed by atoms with Gasteiger partial charge in [-0.3, -0.25) is 0 Å². The van der Waals surface area contributed by atoms with Crippen molar-refractivity contribution in [2.75, 3.05) is 19.1 Å². The van der Waals surface area contributed by atoms with Crippen molar-refractivity contribution in [2.45, 2.75) is 18.9 Å². The fraction of sp³-hybridized carbons (Fsp3) is 0.217. The first-order chi connectivity index (χ1) is 13.6. The highest BCUT2D eigenvalue weighted by Gasteiger charge is 2.28. The fourth-order valence-electron chi connectivity index (χ4n) is 3.75. The molecular formula is C23H21N3O2. The van der Waals surface area contributed by atoms with Crippen LogP contribution in [0.4, 0.5) is 5.69 Å². The van der Waals surface area contributed by atoms with Crippen molar-refractivity contribution in [2.24, 2.45) is 0 Å². The van der Waals surface area contributed by atoms with Gasteiger partial charge in [0.05, 0.1) is 29.6 Å². The van der Waals surface area contributed by atoms with Gasteiger partial charge in [-0.05, 0) is 55.3 Å². The van der Waals surface area contributed by atoms with Crippen LogP contribution in [-0.2, 0) is 4.74 Å². The van der Waals surface area contributed by atoms with Crippen LogP contribution in [0.2, 0.25) is 0 Å². The van der Waals surface area contributed by atoms with Crippen LogP contribution in [0.25, 0.3) is 33.1 Å². The standard InChI is InChI=1S/C23H21N3O2/c1-26(18-5-6-18)21-13-17-12-16(23(27)28-2)4-8-20(17)25-22(21)15-3-7-19-14(11-15)9-10-24-19/h3-4,7-13,18,24H,5-6H2,1-2H3. The summed E-state index contributed by atoms with van der Waals surface area (Å²) < 4.78 is 4.86. The number of nitrogens with one attached hydrogen (secondary N) is 1. The number of fused-ring (bicyclic) bond motifs is 2. The van der Waals surface area contributed by atoms with E-state index in [9.17, 15) is 4.79 Å². The number of methoxy groups -OCH3 is 1. The van der Waals surface area contributed by atoms with Crippen molar-refractivity contribution in [3.63, 3.8) is 0 Å². The molecule has 0 unspecified atom stereocenters. The molecule has 1 saturated carbocycles. The number of ether oxygens (including phenoxy) is 1. The van der Waals surface area contributed by atoms with Crippen LogP contribution in [0, 0.1) is 0 Å². The van der Waals surface area contributed by atoms with E-state index >= 15 is 0 Å². The van der Waals surface area contributed by atoms with Gasteiger partial charge >= 0.3 is 5.97 Å². The van der Waals surface area contributed by atoms with Gasteiger partial charge in [-0.15, -0.1) is 0 Å². The quantitative estimate of drug-likeness (QED) is 0.525. The van der Waals surface area contributed by atoms with Crippen molar-refractivity contribution >= 4 is 33.5 Å². The van der Waals surface area contributed by atoms with E-state index in [-0.39, 0.29) is 5.97 Å². The van der Waals surface area contributed by atoms with Crippen molar-refractivity contribution in [3.8, 4) is 11.3 Å². The molecule has 0 saturated heterocycles. The summed E-state index contributed by atoms with van der Waals surface area (Å²) in [5, 5.41) is 2.11. The van der Waals surface area contributed by atoms with Crippen molar-refractivity contribution in [1.29, 1.82) is 0 Å². The monoisotopic (exact) mass is 371 g/mol. The zero-order chi connectivity index (χ0) is 19.3. The van der Waals surface area contributed by atoms with Crippen LogP contribution >= 0.6 is 0 Å². The topological polar surface area (TPSA) is 58.2 Å². The minimum absolute atomic E-state index is 0.332. The molecule has 5 nitrogen and oxygen atoms in total. The first-order valence-electron chi connectivity index (χ1n) is 9.47. The van der Waals surface area contributed by atoms with Gasteiger partial charge in [0.15, 0.2) is 0 Å². The Morgan fingerprint density at radius 3 is 2.75 bits per heavy atom. The summed E-state index contributed by atoms with van der Waals surface area (Å²) in [5.41, 5.74) is 5.67. The number of aromatic nitrogens is 2. The summed E-state index contributed by atoms with van der Waals surface area (Å²) in [7, 11) is 3.53. The molecule has 0 spiro atoms. The lowest BCUT2D eigenvalue weighted by atomic mass is 10.0. The van der Waals surface area contributed by atoms with Gasteiger partial charge in [-0.2, -0.15) is 0 Å². The SMILES string of the molecule is COC(=O)c1ccc2nc(-c3ccc4[nH]ccc4c3)c(N(C)C3CC3)cc2c1. The van der Waals surface area contributed by atoms with Crippen LogP contribution in [-0.4, -0.2) is 36.1 Å². The summed E-state index contributed by atoms with van der Waals surface area (Å²) in [5.74, 6) is -0.332. The highest BCUT2D eigenvalue weighted by atomic mass is 16.5. The molecular weight excluding hydrogens is 350 g/mol. The van der Waals surface area contributed by atoms with E-state index < -0.39 is 0 Å². The molecule has 4 aromatic rings. The summed E-state index contributed by atoms with van der Waals surface area (Å²) in [4.78, 5) is 22.5. The zero-order valence-corrected chi connectivity index (χ0v) is 15.9. The lowest BCUT2D eigenvalue weighted by molar-refractivity contribution is 0.0601. The number of hydrogen-bond donors (Lipinski definition) is 1. The van der Waals surface area contributed by atoms with Crippen molar-refractivity contribution in [1.82, 2.24) is 9.97 Å². The Morgan fingerprint density at radius 2 is 1.96 bits per heavy atom. The summed E-state index contributed by atoms with van der Waals surface area (Å²) in [6.45, 7) is 0. The second kappa shape index (κ2) is 6.37. The van der Waals surface area contributed by atoms with Gasteiger partial charge in [0.25, 0.3) is 0 Å². The van der Waals surface area contributed by atoms with E-state index in [2.05, 4.69) is 47.3 Å². The normalized spacial score (nSPS) is 13.8. The lowest BCUT2D eigenvalue weighted by Crippen LogP contribution is -2.20. The number of benzene rings is 2. The smallest absolute Gasteiger partial charge is 0.337 e. The third-order valence-corrected chi connectivity index (χ3v) is 5.52. The molecule has 0 atom stereocenters. The first kappa shape index (κ1) is 16.8. The maximum Gasteiger partial charge on any atom is 0.337 e. The van der Waals surface area contributed by atoms with Crippen LogP contribution < -0.4 is 4.90 Å². The highest BCUT2D eigenvalue weighted by Crippen LogP contribution is 2.38. The van der Waals surface area contributed by atoms with Crippen molar-refractivity contribution in [3.05, 3.63) is 60.3 Å². The second-order valence-electron chi connectivity index (χ2n) is 7.38. The van der Waals surface area contributed by atoms with E-state index in [0.717, 1.165) is 33.4 Å². The van der Waals surface area contributed by atoms with Gasteiger partial charge in [-0.1, -0.05) is 6.07 Å². The molecule has 0 bridgehead atoms. The number of H-pyrrole nitrogens is 1. The Kier molecular flexibility index (Phi) is 3.83. The molecule has 2 aromatic heterocycles. The van der Waals surface area contributed by atoms with Crippen LogP contribution in [0.1, 0.15) is 23.2 Å². The molecule has 0 aliphatic heterocycles. The predicted molar refractivity (Wildman–Crippen MR) is 112 cm³/mol. The Labute approximate surface area is 162 Å². The number of carbonyl (C=O) groups excluding carboxylic acids is 1. The number of pyridine rings is 1. The van der Waals surface area contributed by atoms with Crippen molar-refractivity contribution < 1.29 is 9.53 Å². The molecule has 0 radical (unpaired) electrons. The number of aromatic amines is 1. The van der Waals surface area contributed by atoms with Gasteiger partial charge in [0.2, 0.25) is 0 Å². The maximum absolute atomic E-state index is 11.9. The molecule has 0 amide bonds. The van der Waals surface area contributed by atoms with Gasteiger partial charge < -0.3 is 14.6 Å². The number of anilines is 1. The van der Waals surface area contributed by atoms with E-state index in [1.165, 1.54) is 25.3 Å². The van der Waals surface area contributed by atoms with E-state index in [1.54, 1.807) is 6.07 Å². The minimum atomic E-state index is -0.332. The Balaban J connectivity index is 1.71. The lowest BCUT2D eigenvalue weighted by Gasteiger charge is -2.22. The van der Waals surface area contributed by atoms with E-state index in [4.69, 9.17) is 9.72 Å². The molecule has 1 N–H and O–H groups in total. The maximum atomic E-state index is 11.9. The number of esters is 1. The van der Waals surface area contributed by atoms with Gasteiger partial charge in [-0.25, -0.2) is 9.78 Å². The van der Waals surface area contributed by atoms with Crippen LogP contribution in [0.3, 0.4) is 0 Å². The summed E-state index contributed by atoms with van der Waals surface area (Å²) in [6.07, 6.45) is 4.36. The Morgan fingerprint density at radius 1 is 1.11 bits per heavy atom. The number of hydrogen-bond acceptors (Lipinski definition) is 4. The van der Waals surface area contributed by atoms with Crippen LogP contribution in [0.5, 0.6) is 0 Å². The zero-order valence-electron chi connectivity index (χ0n) is 15.9.